The summed E-state index contributed by atoms with van der Waals surface area (Å²) in [7, 11) is 3.22. The molecule has 40 heavy (non-hydrogen) atoms. The number of ether oxygens (including phenoxy) is 2. The van der Waals surface area contributed by atoms with Gasteiger partial charge in [-0.3, -0.25) is 9.63 Å². The van der Waals surface area contributed by atoms with Gasteiger partial charge in [0.1, 0.15) is 29.2 Å². The number of rotatable bonds is 8. The number of hydrogen-bond acceptors (Lipinski definition) is 5. The molecule has 4 aromatic carbocycles. The summed E-state index contributed by atoms with van der Waals surface area (Å²) >= 11 is 6.18. The van der Waals surface area contributed by atoms with Gasteiger partial charge in [0, 0.05) is 5.02 Å². The fourth-order valence-electron chi connectivity index (χ4n) is 5.05. The molecule has 1 aliphatic rings. The van der Waals surface area contributed by atoms with Crippen LogP contribution in [0.15, 0.2) is 91.0 Å². The second-order valence-corrected chi connectivity index (χ2v) is 10.8. The maximum atomic E-state index is 13.6. The molecule has 6 nitrogen and oxygen atoms in total. The number of carbonyl (C=O) groups is 1. The van der Waals surface area contributed by atoms with E-state index < -0.39 is 17.7 Å². The Morgan fingerprint density at radius 2 is 1.43 bits per heavy atom. The monoisotopic (exact) mass is 557 g/mol. The number of benzene rings is 4. The van der Waals surface area contributed by atoms with Gasteiger partial charge in [-0.05, 0) is 83.6 Å². The number of amides is 1. The highest BCUT2D eigenvalue weighted by molar-refractivity contribution is 6.30. The number of hydrogen-bond donors (Lipinski definition) is 1. The number of hydroxylamine groups is 2. The average molecular weight is 558 g/mol. The predicted octanol–water partition coefficient (Wildman–Crippen LogP) is 6.78. The van der Waals surface area contributed by atoms with Crippen molar-refractivity contribution in [3.8, 4) is 11.5 Å². The molecule has 1 heterocycles. The Labute approximate surface area is 239 Å². The normalized spacial score (nSPS) is 15.9. The van der Waals surface area contributed by atoms with Crippen molar-refractivity contribution in [3.63, 3.8) is 0 Å². The first kappa shape index (κ1) is 27.7. The van der Waals surface area contributed by atoms with Crippen molar-refractivity contribution in [3.05, 3.63) is 129 Å². The zero-order valence-electron chi connectivity index (χ0n) is 22.9. The van der Waals surface area contributed by atoms with Gasteiger partial charge in [0.25, 0.3) is 5.91 Å². The lowest BCUT2D eigenvalue weighted by Crippen LogP contribution is -2.45. The van der Waals surface area contributed by atoms with Crippen molar-refractivity contribution in [1.29, 1.82) is 0 Å². The summed E-state index contributed by atoms with van der Waals surface area (Å²) in [4.78, 5) is 20.1. The van der Waals surface area contributed by atoms with Crippen LogP contribution in [-0.2, 0) is 21.7 Å². The second kappa shape index (κ2) is 11.3. The predicted molar refractivity (Wildman–Crippen MR) is 154 cm³/mol. The van der Waals surface area contributed by atoms with E-state index in [1.807, 2.05) is 105 Å². The number of aliphatic hydroxyl groups is 1. The maximum Gasteiger partial charge on any atom is 0.251 e. The Morgan fingerprint density at radius 1 is 0.850 bits per heavy atom. The zero-order chi connectivity index (χ0) is 28.4. The zero-order valence-corrected chi connectivity index (χ0v) is 23.7. The summed E-state index contributed by atoms with van der Waals surface area (Å²) in [5, 5.41) is 13.0. The number of fused-ring (bicyclic) bond motifs is 1. The first-order chi connectivity index (χ1) is 19.2. The second-order valence-electron chi connectivity index (χ2n) is 10.3. The van der Waals surface area contributed by atoms with Crippen LogP contribution in [0.4, 0.5) is 0 Å². The summed E-state index contributed by atoms with van der Waals surface area (Å²) < 4.78 is 10.6. The van der Waals surface area contributed by atoms with Crippen molar-refractivity contribution in [1.82, 2.24) is 5.06 Å². The van der Waals surface area contributed by atoms with Crippen LogP contribution in [0, 0.1) is 0 Å². The summed E-state index contributed by atoms with van der Waals surface area (Å²) in [6, 6.07) is 27.7. The molecule has 4 aromatic rings. The lowest BCUT2D eigenvalue weighted by Gasteiger charge is -2.41. The van der Waals surface area contributed by atoms with Gasteiger partial charge in [-0.2, -0.15) is 0 Å². The molecule has 7 heteroatoms. The third kappa shape index (κ3) is 5.56. The Hall–Kier alpha value is -3.84. The van der Waals surface area contributed by atoms with Gasteiger partial charge in [-0.1, -0.05) is 66.2 Å². The van der Waals surface area contributed by atoms with Crippen LogP contribution in [-0.4, -0.2) is 30.3 Å². The quantitative estimate of drug-likeness (QED) is 0.259. The number of carbonyl (C=O) groups excluding carboxylic acids is 1. The van der Waals surface area contributed by atoms with Gasteiger partial charge in [-0.15, -0.1) is 0 Å². The molecule has 1 unspecified atom stereocenters. The lowest BCUT2D eigenvalue weighted by molar-refractivity contribution is -0.249. The molecule has 0 saturated heterocycles. The van der Waals surface area contributed by atoms with E-state index in [0.29, 0.717) is 10.8 Å². The molecular weight excluding hydrogens is 526 g/mol. The Kier molecular flexibility index (Phi) is 7.86. The highest BCUT2D eigenvalue weighted by atomic mass is 35.5. The van der Waals surface area contributed by atoms with E-state index in [4.69, 9.17) is 25.9 Å². The maximum absolute atomic E-state index is 13.6. The van der Waals surface area contributed by atoms with E-state index in [1.54, 1.807) is 14.2 Å². The highest BCUT2D eigenvalue weighted by Crippen LogP contribution is 2.41. The molecule has 0 saturated carbocycles. The molecule has 0 aromatic heterocycles. The van der Waals surface area contributed by atoms with Crippen LogP contribution in [0.1, 0.15) is 59.4 Å². The first-order valence-electron chi connectivity index (χ1n) is 13.1. The lowest BCUT2D eigenvalue weighted by atomic mass is 9.88. The summed E-state index contributed by atoms with van der Waals surface area (Å²) in [5.74, 6) is 1.28. The SMILES string of the molecule is COc1ccc([C@@H](O)c2ccc(C(C)(C)ON3C(=O)Cc4cc(OC)ccc4C3c3ccc(Cl)cc3)cc2)cc1. The average Bonchev–Trinajstić information content (AvgIpc) is 2.97. The van der Waals surface area contributed by atoms with Crippen LogP contribution < -0.4 is 9.47 Å². The molecule has 206 valence electrons. The van der Waals surface area contributed by atoms with Gasteiger partial charge >= 0.3 is 0 Å². The van der Waals surface area contributed by atoms with Crippen LogP contribution in [0.5, 0.6) is 11.5 Å². The molecule has 0 aliphatic carbocycles. The van der Waals surface area contributed by atoms with Crippen LogP contribution in [0.3, 0.4) is 0 Å². The van der Waals surface area contributed by atoms with Crippen LogP contribution >= 0.6 is 11.6 Å². The first-order valence-corrected chi connectivity index (χ1v) is 13.4. The van der Waals surface area contributed by atoms with Crippen molar-refractivity contribution >= 4 is 17.5 Å². The molecule has 0 spiro atoms. The summed E-state index contributed by atoms with van der Waals surface area (Å²) in [6.45, 7) is 3.86. The van der Waals surface area contributed by atoms with Crippen molar-refractivity contribution in [2.45, 2.75) is 38.0 Å². The van der Waals surface area contributed by atoms with E-state index in [2.05, 4.69) is 0 Å². The summed E-state index contributed by atoms with van der Waals surface area (Å²) in [5.41, 5.74) is 4.28. The van der Waals surface area contributed by atoms with Gasteiger partial charge < -0.3 is 14.6 Å². The van der Waals surface area contributed by atoms with E-state index >= 15 is 0 Å². The van der Waals surface area contributed by atoms with Gasteiger partial charge in [-0.25, -0.2) is 5.06 Å². The number of aliphatic hydroxyl groups excluding tert-OH is 1. The van der Waals surface area contributed by atoms with E-state index in [1.165, 1.54) is 5.06 Å². The van der Waals surface area contributed by atoms with Crippen LogP contribution in [0.2, 0.25) is 5.02 Å². The third-order valence-corrected chi connectivity index (χ3v) is 7.58. The molecule has 5 rings (SSSR count). The number of nitrogens with zero attached hydrogens (tertiary/aromatic N) is 1. The van der Waals surface area contributed by atoms with Gasteiger partial charge in [0.05, 0.1) is 20.6 Å². The Bertz CT molecular complexity index is 1480. The Balaban J connectivity index is 1.43. The van der Waals surface area contributed by atoms with E-state index in [9.17, 15) is 9.90 Å². The minimum atomic E-state index is -0.853. The van der Waals surface area contributed by atoms with Gasteiger partial charge in [0.15, 0.2) is 0 Å². The topological polar surface area (TPSA) is 68.2 Å². The standard InChI is InChI=1S/C33H32ClNO5/c1-33(2,25-11-5-22(6-12-25)32(37)23-9-15-27(38-3)16-10-23)40-35-30(36)20-24-19-28(39-4)17-18-29(24)31(35)21-7-13-26(34)14-8-21/h5-19,31-32,37H,20H2,1-4H3/t31?,32-/m0/s1. The van der Waals surface area contributed by atoms with Gasteiger partial charge in [0.2, 0.25) is 0 Å². The molecule has 0 radical (unpaired) electrons. The smallest absolute Gasteiger partial charge is 0.251 e. The minimum absolute atomic E-state index is 0.152. The fraction of sp³-hybridized carbons (Fsp3) is 0.242. The van der Waals surface area contributed by atoms with Crippen molar-refractivity contribution < 1.29 is 24.2 Å². The number of methoxy groups -OCH3 is 2. The largest absolute Gasteiger partial charge is 0.497 e. The molecule has 1 aliphatic heterocycles. The van der Waals surface area contributed by atoms with Crippen molar-refractivity contribution in [2.75, 3.05) is 14.2 Å². The molecule has 1 amide bonds. The number of halogens is 1. The van der Waals surface area contributed by atoms with Crippen LogP contribution in [0.25, 0.3) is 0 Å². The van der Waals surface area contributed by atoms with E-state index in [-0.39, 0.29) is 12.3 Å². The molecule has 0 bridgehead atoms. The Morgan fingerprint density at radius 3 is 2.02 bits per heavy atom. The van der Waals surface area contributed by atoms with Crippen molar-refractivity contribution in [2.24, 2.45) is 0 Å². The molecule has 2 atom stereocenters. The molecule has 1 N–H and O–H groups in total. The minimum Gasteiger partial charge on any atom is -0.497 e. The molecule has 0 fully saturated rings. The fourth-order valence-corrected chi connectivity index (χ4v) is 5.17. The summed E-state index contributed by atoms with van der Waals surface area (Å²) in [6.07, 6.45) is -0.588. The third-order valence-electron chi connectivity index (χ3n) is 7.33. The van der Waals surface area contributed by atoms with E-state index in [0.717, 1.165) is 39.1 Å². The highest BCUT2D eigenvalue weighted by Gasteiger charge is 2.39. The molecular formula is C33H32ClNO5.